The standard InChI is InChI=1S/C24H37N7O/c1-29(21-6-2-4-18-5-3-9-26-22(18)21)16-20-17-31(15-12-25-20)23(32)19-7-13-30(14-8-19)24-27-10-11-28-24/h3,5,9,19-21,25H,2,4,6-8,10-17H2,1H3,(H,27,28). The third kappa shape index (κ3) is 4.62. The van der Waals surface area contributed by atoms with Crippen LogP contribution < -0.4 is 10.6 Å². The van der Waals surface area contributed by atoms with Gasteiger partial charge in [-0.15, -0.1) is 0 Å². The Morgan fingerprint density at radius 2 is 2.09 bits per heavy atom. The Morgan fingerprint density at radius 1 is 1.22 bits per heavy atom. The van der Waals surface area contributed by atoms with Crippen LogP contribution in [0.3, 0.4) is 0 Å². The molecular formula is C24H37N7O. The largest absolute Gasteiger partial charge is 0.354 e. The van der Waals surface area contributed by atoms with E-state index in [0.29, 0.717) is 18.0 Å². The summed E-state index contributed by atoms with van der Waals surface area (Å²) < 4.78 is 0. The predicted octanol–water partition coefficient (Wildman–Crippen LogP) is 0.862. The first kappa shape index (κ1) is 21.6. The minimum absolute atomic E-state index is 0.152. The molecule has 2 N–H and O–H groups in total. The van der Waals surface area contributed by atoms with Crippen molar-refractivity contribution in [1.82, 2.24) is 30.3 Å². The van der Waals surface area contributed by atoms with Crippen LogP contribution in [0.25, 0.3) is 0 Å². The van der Waals surface area contributed by atoms with Crippen molar-refractivity contribution in [2.45, 2.75) is 44.2 Å². The van der Waals surface area contributed by atoms with Gasteiger partial charge in [-0.2, -0.15) is 0 Å². The Balaban J connectivity index is 1.14. The molecule has 4 heterocycles. The molecule has 1 amide bonds. The van der Waals surface area contributed by atoms with Gasteiger partial charge in [-0.25, -0.2) is 0 Å². The number of likely N-dealkylation sites (tertiary alicyclic amines) is 1. The van der Waals surface area contributed by atoms with Gasteiger partial charge in [0, 0.05) is 64.0 Å². The number of hydrogen-bond donors (Lipinski definition) is 2. The number of piperazine rings is 1. The highest BCUT2D eigenvalue weighted by Crippen LogP contribution is 2.32. The summed E-state index contributed by atoms with van der Waals surface area (Å²) in [6.45, 7) is 7.10. The molecule has 32 heavy (non-hydrogen) atoms. The smallest absolute Gasteiger partial charge is 0.225 e. The molecule has 2 unspecified atom stereocenters. The highest BCUT2D eigenvalue weighted by atomic mass is 16.2. The maximum Gasteiger partial charge on any atom is 0.225 e. The average Bonchev–Trinajstić information content (AvgIpc) is 3.38. The lowest BCUT2D eigenvalue weighted by Gasteiger charge is -2.41. The topological polar surface area (TPSA) is 76.1 Å². The van der Waals surface area contributed by atoms with E-state index in [4.69, 9.17) is 4.98 Å². The third-order valence-electron chi connectivity index (χ3n) is 7.57. The average molecular weight is 440 g/mol. The van der Waals surface area contributed by atoms with Gasteiger partial charge in [0.25, 0.3) is 0 Å². The normalized spacial score (nSPS) is 26.6. The number of guanidine groups is 1. The van der Waals surface area contributed by atoms with E-state index in [2.05, 4.69) is 49.5 Å². The fraction of sp³-hybridized carbons (Fsp3) is 0.708. The molecule has 1 aromatic rings. The number of rotatable bonds is 4. The van der Waals surface area contributed by atoms with E-state index < -0.39 is 0 Å². The van der Waals surface area contributed by atoms with Crippen molar-refractivity contribution in [1.29, 1.82) is 0 Å². The number of piperidine rings is 1. The van der Waals surface area contributed by atoms with Gasteiger partial charge in [0.1, 0.15) is 0 Å². The van der Waals surface area contributed by atoms with Crippen LogP contribution in [0.5, 0.6) is 0 Å². The molecule has 0 spiro atoms. The van der Waals surface area contributed by atoms with E-state index >= 15 is 0 Å². The zero-order chi connectivity index (χ0) is 21.9. The van der Waals surface area contributed by atoms with Gasteiger partial charge in [-0.05, 0) is 50.8 Å². The quantitative estimate of drug-likeness (QED) is 0.725. The summed E-state index contributed by atoms with van der Waals surface area (Å²) in [5.74, 6) is 1.53. The van der Waals surface area contributed by atoms with Crippen LogP contribution in [-0.2, 0) is 11.2 Å². The van der Waals surface area contributed by atoms with E-state index in [1.54, 1.807) is 0 Å². The number of carbonyl (C=O) groups is 1. The molecule has 1 aromatic heterocycles. The second-order valence-electron chi connectivity index (χ2n) is 9.72. The Labute approximate surface area is 191 Å². The van der Waals surface area contributed by atoms with Crippen LogP contribution >= 0.6 is 0 Å². The molecule has 2 fully saturated rings. The number of pyridine rings is 1. The number of aromatic nitrogens is 1. The van der Waals surface area contributed by atoms with Gasteiger partial charge < -0.3 is 20.4 Å². The van der Waals surface area contributed by atoms with Crippen molar-refractivity contribution in [3.63, 3.8) is 0 Å². The van der Waals surface area contributed by atoms with Gasteiger partial charge in [0.15, 0.2) is 5.96 Å². The monoisotopic (exact) mass is 439 g/mol. The number of aryl methyl sites for hydroxylation is 1. The van der Waals surface area contributed by atoms with E-state index in [0.717, 1.165) is 84.0 Å². The summed E-state index contributed by atoms with van der Waals surface area (Å²) in [6.07, 6.45) is 7.30. The van der Waals surface area contributed by atoms with E-state index in [9.17, 15) is 4.79 Å². The summed E-state index contributed by atoms with van der Waals surface area (Å²) in [5.41, 5.74) is 2.65. The predicted molar refractivity (Wildman–Crippen MR) is 126 cm³/mol. The zero-order valence-electron chi connectivity index (χ0n) is 19.3. The molecule has 3 aliphatic heterocycles. The molecule has 0 saturated carbocycles. The fourth-order valence-electron chi connectivity index (χ4n) is 5.83. The minimum Gasteiger partial charge on any atom is -0.354 e. The van der Waals surface area contributed by atoms with Gasteiger partial charge in [0.05, 0.1) is 18.3 Å². The lowest BCUT2D eigenvalue weighted by atomic mass is 9.91. The number of aliphatic imine (C=N–C) groups is 1. The Hall–Kier alpha value is -2.19. The second-order valence-corrected chi connectivity index (χ2v) is 9.72. The molecule has 174 valence electrons. The van der Waals surface area contributed by atoms with Crippen molar-refractivity contribution in [2.24, 2.45) is 10.9 Å². The van der Waals surface area contributed by atoms with E-state index in [1.807, 2.05) is 6.20 Å². The molecule has 0 aromatic carbocycles. The molecule has 1 aliphatic carbocycles. The molecule has 2 saturated heterocycles. The highest BCUT2D eigenvalue weighted by Gasteiger charge is 2.33. The number of nitrogens with one attached hydrogen (secondary N) is 2. The third-order valence-corrected chi connectivity index (χ3v) is 7.57. The molecule has 0 bridgehead atoms. The van der Waals surface area contributed by atoms with Gasteiger partial charge in [-0.3, -0.25) is 19.7 Å². The number of amides is 1. The molecule has 2 atom stereocenters. The Kier molecular flexibility index (Phi) is 6.59. The van der Waals surface area contributed by atoms with Gasteiger partial charge >= 0.3 is 0 Å². The lowest BCUT2D eigenvalue weighted by Crippen LogP contribution is -2.58. The van der Waals surface area contributed by atoms with E-state index in [1.165, 1.54) is 17.7 Å². The highest BCUT2D eigenvalue weighted by molar-refractivity contribution is 5.82. The maximum atomic E-state index is 13.3. The molecule has 8 heteroatoms. The number of nitrogens with zero attached hydrogens (tertiary/aromatic N) is 5. The van der Waals surface area contributed by atoms with Crippen LogP contribution in [-0.4, -0.2) is 97.0 Å². The first-order valence-corrected chi connectivity index (χ1v) is 12.4. The van der Waals surface area contributed by atoms with Crippen LogP contribution in [0, 0.1) is 5.92 Å². The summed E-state index contributed by atoms with van der Waals surface area (Å²) in [6, 6.07) is 4.96. The minimum atomic E-state index is 0.152. The van der Waals surface area contributed by atoms with Gasteiger partial charge in [0.2, 0.25) is 5.91 Å². The molecule has 0 radical (unpaired) electrons. The Bertz CT molecular complexity index is 835. The SMILES string of the molecule is CN(CC1CN(C(=O)C2CCN(C3=NCCN3)CC2)CCN1)C1CCCc2cccnc21. The lowest BCUT2D eigenvalue weighted by molar-refractivity contribution is -0.138. The second kappa shape index (κ2) is 9.75. The molecular weight excluding hydrogens is 402 g/mol. The Morgan fingerprint density at radius 3 is 2.91 bits per heavy atom. The van der Waals surface area contributed by atoms with Crippen molar-refractivity contribution in [3.05, 3.63) is 29.6 Å². The first-order chi connectivity index (χ1) is 15.7. The molecule has 8 nitrogen and oxygen atoms in total. The number of carbonyl (C=O) groups excluding carboxylic acids is 1. The summed E-state index contributed by atoms with van der Waals surface area (Å²) in [5, 5.41) is 7.01. The van der Waals surface area contributed by atoms with Crippen LogP contribution in [0.4, 0.5) is 0 Å². The summed E-state index contributed by atoms with van der Waals surface area (Å²) in [7, 11) is 2.21. The van der Waals surface area contributed by atoms with Crippen LogP contribution in [0.2, 0.25) is 0 Å². The number of fused-ring (bicyclic) bond motifs is 1. The van der Waals surface area contributed by atoms with E-state index in [-0.39, 0.29) is 5.92 Å². The molecule has 4 aliphatic rings. The summed E-state index contributed by atoms with van der Waals surface area (Å²) in [4.78, 5) is 29.4. The van der Waals surface area contributed by atoms with Crippen molar-refractivity contribution in [2.75, 3.05) is 59.4 Å². The van der Waals surface area contributed by atoms with Gasteiger partial charge in [-0.1, -0.05) is 6.07 Å². The number of likely N-dealkylation sites (N-methyl/N-ethyl adjacent to an activating group) is 1. The summed E-state index contributed by atoms with van der Waals surface area (Å²) >= 11 is 0. The maximum absolute atomic E-state index is 13.3. The number of hydrogen-bond acceptors (Lipinski definition) is 7. The molecule has 5 rings (SSSR count). The zero-order valence-corrected chi connectivity index (χ0v) is 19.3. The van der Waals surface area contributed by atoms with Crippen molar-refractivity contribution in [3.8, 4) is 0 Å². The van der Waals surface area contributed by atoms with Crippen molar-refractivity contribution < 1.29 is 4.79 Å². The fourth-order valence-corrected chi connectivity index (χ4v) is 5.83. The van der Waals surface area contributed by atoms with Crippen LogP contribution in [0.1, 0.15) is 43.0 Å². The van der Waals surface area contributed by atoms with Crippen LogP contribution in [0.15, 0.2) is 23.3 Å². The van der Waals surface area contributed by atoms with Crippen molar-refractivity contribution >= 4 is 11.9 Å². The first-order valence-electron chi connectivity index (χ1n) is 12.4.